The van der Waals surface area contributed by atoms with E-state index in [1.165, 1.54) is 17.0 Å². The summed E-state index contributed by atoms with van der Waals surface area (Å²) in [6.07, 6.45) is 0. The average molecular weight is 279 g/mol. The summed E-state index contributed by atoms with van der Waals surface area (Å²) in [4.78, 5) is 13.6. The van der Waals surface area contributed by atoms with Gasteiger partial charge in [0.2, 0.25) is 0 Å². The molecule has 0 saturated heterocycles. The molecule has 0 aliphatic rings. The first-order valence-electron chi connectivity index (χ1n) is 6.15. The van der Waals surface area contributed by atoms with Gasteiger partial charge in [0.05, 0.1) is 5.56 Å². The van der Waals surface area contributed by atoms with Gasteiger partial charge in [0.25, 0.3) is 5.91 Å². The third kappa shape index (κ3) is 2.87. The number of nitrogens with zero attached hydrogens (tertiary/aromatic N) is 1. The Morgan fingerprint density at radius 1 is 1.25 bits per heavy atom. The van der Waals surface area contributed by atoms with E-state index in [1.54, 1.807) is 27.0 Å². The Morgan fingerprint density at radius 2 is 1.95 bits per heavy atom. The van der Waals surface area contributed by atoms with E-state index in [1.807, 2.05) is 0 Å². The van der Waals surface area contributed by atoms with E-state index in [9.17, 15) is 13.6 Å². The van der Waals surface area contributed by atoms with Gasteiger partial charge in [-0.1, -0.05) is 6.07 Å². The van der Waals surface area contributed by atoms with Gasteiger partial charge in [0.15, 0.2) is 0 Å². The molecule has 0 unspecified atom stereocenters. The molecule has 0 N–H and O–H groups in total. The van der Waals surface area contributed by atoms with Crippen molar-refractivity contribution in [3.63, 3.8) is 0 Å². The second kappa shape index (κ2) is 5.45. The number of hydrogen-bond donors (Lipinski definition) is 0. The van der Waals surface area contributed by atoms with Crippen LogP contribution in [0.4, 0.5) is 8.78 Å². The van der Waals surface area contributed by atoms with Crippen LogP contribution in [0.3, 0.4) is 0 Å². The number of hydrogen-bond acceptors (Lipinski definition) is 2. The number of carbonyl (C=O) groups is 1. The van der Waals surface area contributed by atoms with E-state index in [0.717, 1.165) is 6.07 Å². The predicted molar refractivity (Wildman–Crippen MR) is 70.3 cm³/mol. The van der Waals surface area contributed by atoms with E-state index >= 15 is 0 Å². The third-order valence-corrected chi connectivity index (χ3v) is 3.04. The minimum Gasteiger partial charge on any atom is -0.466 e. The fraction of sp³-hybridized carbons (Fsp3) is 0.267. The number of rotatable bonds is 3. The van der Waals surface area contributed by atoms with Crippen molar-refractivity contribution in [2.45, 2.75) is 20.4 Å². The molecule has 2 aromatic rings. The van der Waals surface area contributed by atoms with Crippen molar-refractivity contribution in [1.29, 1.82) is 0 Å². The van der Waals surface area contributed by atoms with Crippen LogP contribution in [-0.2, 0) is 6.54 Å². The zero-order valence-electron chi connectivity index (χ0n) is 11.5. The monoisotopic (exact) mass is 279 g/mol. The molecule has 0 aliphatic heterocycles. The lowest BCUT2D eigenvalue weighted by Gasteiger charge is -2.17. The molecule has 1 aromatic heterocycles. The summed E-state index contributed by atoms with van der Waals surface area (Å²) in [6.45, 7) is 3.52. The minimum absolute atomic E-state index is 0.0641. The van der Waals surface area contributed by atoms with Crippen LogP contribution in [0.15, 0.2) is 28.7 Å². The molecule has 1 heterocycles. The van der Waals surface area contributed by atoms with Crippen molar-refractivity contribution in [3.05, 3.63) is 58.5 Å². The van der Waals surface area contributed by atoms with Gasteiger partial charge in [-0.25, -0.2) is 8.78 Å². The molecule has 0 saturated carbocycles. The first kappa shape index (κ1) is 14.2. The lowest BCUT2D eigenvalue weighted by Crippen LogP contribution is -2.26. The van der Waals surface area contributed by atoms with Gasteiger partial charge in [0, 0.05) is 25.2 Å². The topological polar surface area (TPSA) is 33.5 Å². The first-order chi connectivity index (χ1) is 9.38. The summed E-state index contributed by atoms with van der Waals surface area (Å²) in [5, 5.41) is 0. The third-order valence-electron chi connectivity index (χ3n) is 3.04. The molecule has 0 atom stereocenters. The van der Waals surface area contributed by atoms with Crippen LogP contribution < -0.4 is 0 Å². The predicted octanol–water partition coefficient (Wildman–Crippen LogP) is 3.45. The normalized spacial score (nSPS) is 10.7. The Bertz CT molecular complexity index is 649. The molecule has 20 heavy (non-hydrogen) atoms. The Labute approximate surface area is 115 Å². The summed E-state index contributed by atoms with van der Waals surface area (Å²) >= 11 is 0. The number of carbonyl (C=O) groups excluding carboxylic acids is 1. The molecule has 106 valence electrons. The molecule has 0 spiro atoms. The van der Waals surface area contributed by atoms with Gasteiger partial charge in [-0.3, -0.25) is 4.79 Å². The lowest BCUT2D eigenvalue weighted by atomic mass is 10.1. The fourth-order valence-electron chi connectivity index (χ4n) is 2.03. The maximum atomic E-state index is 13.6. The van der Waals surface area contributed by atoms with Crippen LogP contribution in [0.1, 0.15) is 27.4 Å². The van der Waals surface area contributed by atoms with Gasteiger partial charge in [-0.05, 0) is 26.0 Å². The van der Waals surface area contributed by atoms with Crippen LogP contribution in [0.25, 0.3) is 0 Å². The number of aryl methyl sites for hydroxylation is 2. The highest BCUT2D eigenvalue weighted by molar-refractivity contribution is 5.95. The molecule has 3 nitrogen and oxygen atoms in total. The molecule has 0 radical (unpaired) electrons. The summed E-state index contributed by atoms with van der Waals surface area (Å²) in [5.74, 6) is -0.388. The maximum absolute atomic E-state index is 13.6. The highest BCUT2D eigenvalue weighted by Crippen LogP contribution is 2.18. The minimum atomic E-state index is -0.662. The van der Waals surface area contributed by atoms with Gasteiger partial charge < -0.3 is 9.32 Å². The number of benzene rings is 1. The molecule has 5 heteroatoms. The van der Waals surface area contributed by atoms with E-state index in [-0.39, 0.29) is 18.0 Å². The van der Waals surface area contributed by atoms with Gasteiger partial charge in [-0.15, -0.1) is 0 Å². The second-order valence-corrected chi connectivity index (χ2v) is 4.72. The Balaban J connectivity index is 2.17. The van der Waals surface area contributed by atoms with Crippen molar-refractivity contribution in [2.24, 2.45) is 0 Å². The average Bonchev–Trinajstić information content (AvgIpc) is 2.71. The van der Waals surface area contributed by atoms with E-state index < -0.39 is 11.6 Å². The van der Waals surface area contributed by atoms with Gasteiger partial charge >= 0.3 is 0 Å². The molecular formula is C15H15F2NO2. The zero-order chi connectivity index (χ0) is 14.9. The van der Waals surface area contributed by atoms with E-state index in [0.29, 0.717) is 17.1 Å². The SMILES string of the molecule is Cc1cc(C(=O)N(C)Cc2ccc(F)cc2F)c(C)o1. The van der Waals surface area contributed by atoms with Crippen molar-refractivity contribution in [1.82, 2.24) is 4.90 Å². The largest absolute Gasteiger partial charge is 0.466 e. The molecule has 1 amide bonds. The standard InChI is InChI=1S/C15H15F2NO2/c1-9-6-13(10(2)20-9)15(19)18(3)8-11-4-5-12(16)7-14(11)17/h4-7H,8H2,1-3H3. The van der Waals surface area contributed by atoms with Crippen molar-refractivity contribution in [3.8, 4) is 0 Å². The lowest BCUT2D eigenvalue weighted by molar-refractivity contribution is 0.0782. The molecule has 2 rings (SSSR count). The first-order valence-corrected chi connectivity index (χ1v) is 6.15. The van der Waals surface area contributed by atoms with Gasteiger partial charge in [-0.2, -0.15) is 0 Å². The summed E-state index contributed by atoms with van der Waals surface area (Å²) < 4.78 is 31.7. The smallest absolute Gasteiger partial charge is 0.257 e. The Hall–Kier alpha value is -2.17. The Morgan fingerprint density at radius 3 is 2.50 bits per heavy atom. The van der Waals surface area contributed by atoms with Crippen molar-refractivity contribution >= 4 is 5.91 Å². The van der Waals surface area contributed by atoms with Crippen molar-refractivity contribution in [2.75, 3.05) is 7.05 Å². The highest BCUT2D eigenvalue weighted by Gasteiger charge is 2.18. The van der Waals surface area contributed by atoms with Crippen molar-refractivity contribution < 1.29 is 18.0 Å². The number of furan rings is 1. The van der Waals surface area contributed by atoms with Crippen LogP contribution in [0.5, 0.6) is 0 Å². The fourth-order valence-corrected chi connectivity index (χ4v) is 2.03. The summed E-state index contributed by atoms with van der Waals surface area (Å²) in [7, 11) is 1.56. The van der Waals surface area contributed by atoms with Crippen LogP contribution in [-0.4, -0.2) is 17.9 Å². The van der Waals surface area contributed by atoms with Crippen LogP contribution in [0, 0.1) is 25.5 Å². The zero-order valence-corrected chi connectivity index (χ0v) is 11.5. The van der Waals surface area contributed by atoms with Gasteiger partial charge in [0.1, 0.15) is 23.2 Å². The molecule has 1 aromatic carbocycles. The molecule has 0 aliphatic carbocycles. The summed E-state index contributed by atoms with van der Waals surface area (Å²) in [6, 6.07) is 4.96. The maximum Gasteiger partial charge on any atom is 0.257 e. The summed E-state index contributed by atoms with van der Waals surface area (Å²) in [5.41, 5.74) is 0.715. The van der Waals surface area contributed by atoms with E-state index in [4.69, 9.17) is 4.42 Å². The second-order valence-electron chi connectivity index (χ2n) is 4.72. The number of halogens is 2. The van der Waals surface area contributed by atoms with Crippen LogP contribution >= 0.6 is 0 Å². The molecular weight excluding hydrogens is 264 g/mol. The highest BCUT2D eigenvalue weighted by atomic mass is 19.1. The van der Waals surface area contributed by atoms with E-state index in [2.05, 4.69) is 0 Å². The molecule has 0 bridgehead atoms. The quantitative estimate of drug-likeness (QED) is 0.862. The molecule has 0 fully saturated rings. The van der Waals surface area contributed by atoms with Crippen LogP contribution in [0.2, 0.25) is 0 Å². The Kier molecular flexibility index (Phi) is 3.88. The number of amides is 1.